The number of hydrogen-bond donors (Lipinski definition) is 2. The van der Waals surface area contributed by atoms with Crippen molar-refractivity contribution >= 4 is 34.6 Å². The first-order valence-corrected chi connectivity index (χ1v) is 8.09. The number of anilines is 1. The fourth-order valence-corrected chi connectivity index (χ4v) is 2.54. The molecular weight excluding hydrogens is 344 g/mol. The molecule has 0 spiro atoms. The summed E-state index contributed by atoms with van der Waals surface area (Å²) in [6, 6.07) is 15.3. The van der Waals surface area contributed by atoms with Crippen molar-refractivity contribution in [3.63, 3.8) is 0 Å². The van der Waals surface area contributed by atoms with E-state index in [0.717, 1.165) is 16.8 Å². The van der Waals surface area contributed by atoms with Crippen LogP contribution in [0.15, 0.2) is 53.1 Å². The van der Waals surface area contributed by atoms with Crippen molar-refractivity contribution in [3.05, 3.63) is 65.0 Å². The average Bonchev–Trinajstić information content (AvgIpc) is 3.02. The average molecular weight is 359 g/mol. The zero-order valence-corrected chi connectivity index (χ0v) is 14.5. The molecule has 0 aliphatic rings. The molecule has 0 fully saturated rings. The van der Waals surface area contributed by atoms with Gasteiger partial charge in [0, 0.05) is 11.3 Å². The quantitative estimate of drug-likeness (QED) is 0.682. The smallest absolute Gasteiger partial charge is 0.246 e. The maximum absolute atomic E-state index is 6.13. The van der Waals surface area contributed by atoms with Crippen molar-refractivity contribution in [2.45, 2.75) is 13.5 Å². The van der Waals surface area contributed by atoms with Gasteiger partial charge in [-0.05, 0) is 49.0 Å². The molecule has 0 radical (unpaired) electrons. The van der Waals surface area contributed by atoms with Crippen LogP contribution >= 0.6 is 23.8 Å². The van der Waals surface area contributed by atoms with Gasteiger partial charge in [-0.2, -0.15) is 4.98 Å². The maximum atomic E-state index is 6.13. The van der Waals surface area contributed by atoms with Gasteiger partial charge in [0.1, 0.15) is 0 Å². The second-order valence-corrected chi connectivity index (χ2v) is 5.98. The minimum atomic E-state index is 0.328. The van der Waals surface area contributed by atoms with E-state index in [4.69, 9.17) is 28.3 Å². The van der Waals surface area contributed by atoms with Gasteiger partial charge in [0.2, 0.25) is 11.7 Å². The molecule has 0 bridgehead atoms. The predicted molar refractivity (Wildman–Crippen MR) is 99.0 cm³/mol. The topological polar surface area (TPSA) is 63.0 Å². The summed E-state index contributed by atoms with van der Waals surface area (Å²) in [7, 11) is 0. The summed E-state index contributed by atoms with van der Waals surface area (Å²) >= 11 is 11.4. The Morgan fingerprint density at radius 2 is 2.04 bits per heavy atom. The van der Waals surface area contributed by atoms with Crippen LogP contribution in [0.2, 0.25) is 5.02 Å². The number of halogens is 1. The summed E-state index contributed by atoms with van der Waals surface area (Å²) in [5.41, 5.74) is 2.81. The van der Waals surface area contributed by atoms with Crippen molar-refractivity contribution < 1.29 is 4.52 Å². The maximum Gasteiger partial charge on any atom is 0.246 e. The summed E-state index contributed by atoms with van der Waals surface area (Å²) in [6.07, 6.45) is 0. The van der Waals surface area contributed by atoms with Gasteiger partial charge in [0.15, 0.2) is 5.11 Å². The molecule has 0 amide bonds. The molecule has 0 saturated carbocycles. The zero-order chi connectivity index (χ0) is 16.9. The van der Waals surface area contributed by atoms with Crippen LogP contribution in [0.3, 0.4) is 0 Å². The lowest BCUT2D eigenvalue weighted by Gasteiger charge is -2.09. The molecule has 122 valence electrons. The SMILES string of the molecule is Cc1cccc(NC(=S)NCc2nc(-c3ccccc3Cl)no2)c1. The number of aryl methyl sites for hydroxylation is 1. The Balaban J connectivity index is 1.59. The molecule has 1 heterocycles. The largest absolute Gasteiger partial charge is 0.353 e. The molecule has 7 heteroatoms. The summed E-state index contributed by atoms with van der Waals surface area (Å²) in [5.74, 6) is 0.883. The third kappa shape index (κ3) is 4.10. The van der Waals surface area contributed by atoms with E-state index < -0.39 is 0 Å². The number of nitrogens with one attached hydrogen (secondary N) is 2. The highest BCUT2D eigenvalue weighted by Crippen LogP contribution is 2.24. The number of thiocarbonyl (C=S) groups is 1. The van der Waals surface area contributed by atoms with Gasteiger partial charge < -0.3 is 15.2 Å². The molecule has 3 rings (SSSR count). The molecule has 24 heavy (non-hydrogen) atoms. The molecule has 0 unspecified atom stereocenters. The summed E-state index contributed by atoms with van der Waals surface area (Å²) in [4.78, 5) is 4.32. The number of benzene rings is 2. The van der Waals surface area contributed by atoms with Crippen LogP contribution in [0, 0.1) is 6.92 Å². The van der Waals surface area contributed by atoms with Crippen molar-refractivity contribution in [1.82, 2.24) is 15.5 Å². The molecule has 5 nitrogen and oxygen atoms in total. The molecular formula is C17H15ClN4OS. The lowest BCUT2D eigenvalue weighted by atomic mass is 10.2. The summed E-state index contributed by atoms with van der Waals surface area (Å²) < 4.78 is 5.22. The molecule has 3 aromatic rings. The summed E-state index contributed by atoms with van der Waals surface area (Å²) in [6.45, 7) is 2.35. The fraction of sp³-hybridized carbons (Fsp3) is 0.118. The monoisotopic (exact) mass is 358 g/mol. The van der Waals surface area contributed by atoms with E-state index in [2.05, 4.69) is 20.8 Å². The fourth-order valence-electron chi connectivity index (χ4n) is 2.13. The first-order valence-electron chi connectivity index (χ1n) is 7.31. The zero-order valence-electron chi connectivity index (χ0n) is 12.9. The van der Waals surface area contributed by atoms with Gasteiger partial charge >= 0.3 is 0 Å². The molecule has 0 aliphatic carbocycles. The minimum Gasteiger partial charge on any atom is -0.353 e. The van der Waals surface area contributed by atoms with Crippen molar-refractivity contribution in [2.24, 2.45) is 0 Å². The van der Waals surface area contributed by atoms with Gasteiger partial charge in [0.25, 0.3) is 0 Å². The Labute approximate surface area is 150 Å². The van der Waals surface area contributed by atoms with E-state index >= 15 is 0 Å². The van der Waals surface area contributed by atoms with Crippen LogP contribution in [0.1, 0.15) is 11.5 Å². The highest BCUT2D eigenvalue weighted by Gasteiger charge is 2.11. The third-order valence-corrected chi connectivity index (χ3v) is 3.83. The van der Waals surface area contributed by atoms with Crippen LogP contribution in [0.4, 0.5) is 5.69 Å². The van der Waals surface area contributed by atoms with Crippen molar-refractivity contribution in [2.75, 3.05) is 5.32 Å². The van der Waals surface area contributed by atoms with E-state index in [-0.39, 0.29) is 0 Å². The van der Waals surface area contributed by atoms with Crippen LogP contribution in [0.5, 0.6) is 0 Å². The molecule has 0 saturated heterocycles. The summed E-state index contributed by atoms with van der Waals surface area (Å²) in [5, 5.41) is 11.2. The molecule has 1 aromatic heterocycles. The Bertz CT molecular complexity index is 865. The highest BCUT2D eigenvalue weighted by atomic mass is 35.5. The highest BCUT2D eigenvalue weighted by molar-refractivity contribution is 7.80. The van der Waals surface area contributed by atoms with Crippen LogP contribution in [0.25, 0.3) is 11.4 Å². The molecule has 0 atom stereocenters. The van der Waals surface area contributed by atoms with E-state index in [1.54, 1.807) is 6.07 Å². The molecule has 2 aromatic carbocycles. The van der Waals surface area contributed by atoms with Gasteiger partial charge in [0.05, 0.1) is 11.6 Å². The van der Waals surface area contributed by atoms with Gasteiger partial charge in [-0.15, -0.1) is 0 Å². The number of hydrogen-bond acceptors (Lipinski definition) is 4. The third-order valence-electron chi connectivity index (χ3n) is 3.26. The number of rotatable bonds is 4. The molecule has 0 aliphatic heterocycles. The van der Waals surface area contributed by atoms with E-state index in [1.165, 1.54) is 0 Å². The normalized spacial score (nSPS) is 10.4. The van der Waals surface area contributed by atoms with Crippen LogP contribution < -0.4 is 10.6 Å². The second-order valence-electron chi connectivity index (χ2n) is 5.17. The van der Waals surface area contributed by atoms with E-state index in [0.29, 0.717) is 28.4 Å². The Hall–Kier alpha value is -2.44. The van der Waals surface area contributed by atoms with Crippen molar-refractivity contribution in [1.29, 1.82) is 0 Å². The first-order chi connectivity index (χ1) is 11.6. The Morgan fingerprint density at radius 1 is 1.21 bits per heavy atom. The Morgan fingerprint density at radius 3 is 2.83 bits per heavy atom. The van der Waals surface area contributed by atoms with E-state index in [1.807, 2.05) is 49.4 Å². The number of nitrogens with zero attached hydrogens (tertiary/aromatic N) is 2. The minimum absolute atomic E-state index is 0.328. The number of aromatic nitrogens is 2. The van der Waals surface area contributed by atoms with Crippen LogP contribution in [-0.2, 0) is 6.54 Å². The first kappa shape index (κ1) is 16.4. The van der Waals surface area contributed by atoms with Gasteiger partial charge in [-0.1, -0.05) is 41.0 Å². The lowest BCUT2D eigenvalue weighted by molar-refractivity contribution is 0.376. The standard InChI is InChI=1S/C17H15ClN4OS/c1-11-5-4-6-12(9-11)20-17(24)19-10-15-21-16(22-23-15)13-7-2-3-8-14(13)18/h2-9H,10H2,1H3,(H2,19,20,24). The van der Waals surface area contributed by atoms with Gasteiger partial charge in [-0.25, -0.2) is 0 Å². The van der Waals surface area contributed by atoms with Crippen LogP contribution in [-0.4, -0.2) is 15.3 Å². The second kappa shape index (κ2) is 7.42. The van der Waals surface area contributed by atoms with Crippen molar-refractivity contribution in [3.8, 4) is 11.4 Å². The lowest BCUT2D eigenvalue weighted by Crippen LogP contribution is -2.28. The van der Waals surface area contributed by atoms with Gasteiger partial charge in [-0.3, -0.25) is 0 Å². The molecule has 2 N–H and O–H groups in total. The van der Waals surface area contributed by atoms with E-state index in [9.17, 15) is 0 Å². The predicted octanol–water partition coefficient (Wildman–Crippen LogP) is 4.19. The Kier molecular flexibility index (Phi) is 5.08.